The van der Waals surface area contributed by atoms with Gasteiger partial charge in [-0.15, -0.1) is 0 Å². The number of hydrogen-bond acceptors (Lipinski definition) is 0. The van der Waals surface area contributed by atoms with Crippen molar-refractivity contribution in [3.05, 3.63) is 95.1 Å². The van der Waals surface area contributed by atoms with Crippen molar-refractivity contribution >= 4 is 21.5 Å². The molecule has 0 aliphatic heterocycles. The van der Waals surface area contributed by atoms with Gasteiger partial charge >= 0.3 is 0 Å². The van der Waals surface area contributed by atoms with E-state index in [0.29, 0.717) is 0 Å². The molecule has 26 heavy (non-hydrogen) atoms. The predicted octanol–water partition coefficient (Wildman–Crippen LogP) is 6.96. The quantitative estimate of drug-likeness (QED) is 0.304. The van der Waals surface area contributed by atoms with Crippen LogP contribution in [-0.2, 0) is 10.8 Å². The zero-order chi connectivity index (χ0) is 18.1. The molecule has 0 heteroatoms. The van der Waals surface area contributed by atoms with Crippen LogP contribution in [0.4, 0.5) is 0 Å². The third kappa shape index (κ3) is 1.96. The topological polar surface area (TPSA) is 0 Å². The van der Waals surface area contributed by atoms with Crippen molar-refractivity contribution in [2.24, 2.45) is 0 Å². The van der Waals surface area contributed by atoms with Crippen LogP contribution in [-0.4, -0.2) is 0 Å². The number of rotatable bonds is 0. The average molecular weight is 336 g/mol. The molecule has 1 aliphatic carbocycles. The number of hydrogen-bond donors (Lipinski definition) is 0. The van der Waals surface area contributed by atoms with Gasteiger partial charge in [0.1, 0.15) is 0 Å². The minimum atomic E-state index is 0.0152. The van der Waals surface area contributed by atoms with E-state index < -0.39 is 0 Å². The smallest absolute Gasteiger partial charge is 0.0152 e. The molecule has 0 bridgehead atoms. The summed E-state index contributed by atoms with van der Waals surface area (Å²) in [6.45, 7) is 9.47. The van der Waals surface area contributed by atoms with Gasteiger partial charge in [0.25, 0.3) is 0 Å². The SMILES string of the molecule is CC1(C)c2ccccc2C(C)(C)c2cc3cc4ccccc4cc3cc21. The molecule has 0 spiro atoms. The lowest BCUT2D eigenvalue weighted by molar-refractivity contribution is 0.522. The highest BCUT2D eigenvalue weighted by atomic mass is 14.4. The molecule has 0 unspecified atom stereocenters. The van der Waals surface area contributed by atoms with Gasteiger partial charge < -0.3 is 0 Å². The lowest BCUT2D eigenvalue weighted by atomic mass is 9.59. The summed E-state index contributed by atoms with van der Waals surface area (Å²) in [5.41, 5.74) is 5.87. The van der Waals surface area contributed by atoms with Crippen LogP contribution in [0, 0.1) is 0 Å². The Bertz CT molecular complexity index is 1080. The van der Waals surface area contributed by atoms with Crippen LogP contribution >= 0.6 is 0 Å². The summed E-state index contributed by atoms with van der Waals surface area (Å²) in [5.74, 6) is 0. The average Bonchev–Trinajstić information content (AvgIpc) is 2.64. The minimum Gasteiger partial charge on any atom is -0.0619 e. The van der Waals surface area contributed by atoms with Crippen LogP contribution in [0.25, 0.3) is 21.5 Å². The predicted molar refractivity (Wildman–Crippen MR) is 112 cm³/mol. The standard InChI is InChI=1S/C26H24/c1-25(2)21-11-7-8-12-22(21)26(3,4)24-16-20-14-18-10-6-5-9-17(18)13-19(20)15-23(24)25/h5-16H,1-4H3. The first-order chi connectivity index (χ1) is 12.4. The molecular formula is C26H24. The molecule has 0 nitrogen and oxygen atoms in total. The van der Waals surface area contributed by atoms with Gasteiger partial charge in [-0.05, 0) is 68.1 Å². The lowest BCUT2D eigenvalue weighted by Gasteiger charge is -2.44. The van der Waals surface area contributed by atoms with Crippen LogP contribution in [0.15, 0.2) is 72.8 Å². The summed E-state index contributed by atoms with van der Waals surface area (Å²) < 4.78 is 0. The van der Waals surface area contributed by atoms with Gasteiger partial charge in [-0.3, -0.25) is 0 Å². The van der Waals surface area contributed by atoms with E-state index in [1.54, 1.807) is 0 Å². The molecule has 0 saturated heterocycles. The summed E-state index contributed by atoms with van der Waals surface area (Å²) in [6.07, 6.45) is 0. The summed E-state index contributed by atoms with van der Waals surface area (Å²) in [7, 11) is 0. The molecule has 0 aromatic heterocycles. The van der Waals surface area contributed by atoms with E-state index in [-0.39, 0.29) is 10.8 Å². The monoisotopic (exact) mass is 336 g/mol. The Kier molecular flexibility index (Phi) is 2.99. The molecule has 4 aromatic rings. The highest BCUT2D eigenvalue weighted by Crippen LogP contribution is 2.50. The van der Waals surface area contributed by atoms with Crippen LogP contribution in [0.5, 0.6) is 0 Å². The van der Waals surface area contributed by atoms with Gasteiger partial charge in [0, 0.05) is 10.8 Å². The first-order valence-corrected chi connectivity index (χ1v) is 9.46. The van der Waals surface area contributed by atoms with Crippen molar-refractivity contribution in [2.45, 2.75) is 38.5 Å². The molecule has 1 aliphatic rings. The van der Waals surface area contributed by atoms with Crippen molar-refractivity contribution in [3.8, 4) is 0 Å². The van der Waals surface area contributed by atoms with Gasteiger partial charge in [0.15, 0.2) is 0 Å². The Morgan fingerprint density at radius 3 is 1.23 bits per heavy atom. The summed E-state index contributed by atoms with van der Waals surface area (Å²) >= 11 is 0. The summed E-state index contributed by atoms with van der Waals surface area (Å²) in [5, 5.41) is 5.30. The Balaban J connectivity index is 1.89. The van der Waals surface area contributed by atoms with Crippen LogP contribution in [0.3, 0.4) is 0 Å². The van der Waals surface area contributed by atoms with Gasteiger partial charge in [0.05, 0.1) is 0 Å². The Morgan fingerprint density at radius 2 is 0.808 bits per heavy atom. The van der Waals surface area contributed by atoms with Gasteiger partial charge in [-0.2, -0.15) is 0 Å². The first-order valence-electron chi connectivity index (χ1n) is 9.46. The van der Waals surface area contributed by atoms with Crippen molar-refractivity contribution in [1.29, 1.82) is 0 Å². The van der Waals surface area contributed by atoms with E-state index >= 15 is 0 Å². The van der Waals surface area contributed by atoms with E-state index in [1.807, 2.05) is 0 Å². The second-order valence-electron chi connectivity index (χ2n) is 8.74. The van der Waals surface area contributed by atoms with Crippen molar-refractivity contribution in [2.75, 3.05) is 0 Å². The Morgan fingerprint density at radius 1 is 0.423 bits per heavy atom. The zero-order valence-electron chi connectivity index (χ0n) is 15.9. The molecular weight excluding hydrogens is 312 g/mol. The molecule has 0 atom stereocenters. The normalized spacial score (nSPS) is 17.1. The molecule has 0 amide bonds. The third-order valence-corrected chi connectivity index (χ3v) is 6.46. The molecule has 128 valence electrons. The fraction of sp³-hybridized carbons (Fsp3) is 0.231. The summed E-state index contributed by atoms with van der Waals surface area (Å²) in [6, 6.07) is 27.2. The number of benzene rings is 4. The minimum absolute atomic E-state index is 0.0152. The number of fused-ring (bicyclic) bond motifs is 4. The van der Waals surface area contributed by atoms with E-state index in [9.17, 15) is 0 Å². The second kappa shape index (κ2) is 4.98. The second-order valence-corrected chi connectivity index (χ2v) is 8.74. The van der Waals surface area contributed by atoms with Crippen LogP contribution < -0.4 is 0 Å². The van der Waals surface area contributed by atoms with Crippen molar-refractivity contribution in [1.82, 2.24) is 0 Å². The van der Waals surface area contributed by atoms with E-state index in [2.05, 4.69) is 100 Å². The fourth-order valence-corrected chi connectivity index (χ4v) is 4.89. The maximum absolute atomic E-state index is 2.44. The molecule has 0 heterocycles. The lowest BCUT2D eigenvalue weighted by Crippen LogP contribution is -2.36. The molecule has 0 radical (unpaired) electrons. The molecule has 0 N–H and O–H groups in total. The molecule has 0 fully saturated rings. The summed E-state index contributed by atoms with van der Waals surface area (Å²) in [4.78, 5) is 0. The Hall–Kier alpha value is -2.60. The van der Waals surface area contributed by atoms with E-state index in [1.165, 1.54) is 43.8 Å². The van der Waals surface area contributed by atoms with Crippen molar-refractivity contribution < 1.29 is 0 Å². The maximum atomic E-state index is 2.44. The highest BCUT2D eigenvalue weighted by Gasteiger charge is 2.41. The van der Waals surface area contributed by atoms with Crippen LogP contribution in [0.1, 0.15) is 49.9 Å². The largest absolute Gasteiger partial charge is 0.0619 e. The van der Waals surface area contributed by atoms with Gasteiger partial charge in [-0.1, -0.05) is 76.2 Å². The highest BCUT2D eigenvalue weighted by molar-refractivity contribution is 5.99. The Labute approximate surface area is 155 Å². The van der Waals surface area contributed by atoms with Crippen LogP contribution in [0.2, 0.25) is 0 Å². The molecule has 5 rings (SSSR count). The zero-order valence-corrected chi connectivity index (χ0v) is 15.9. The molecule has 0 saturated carbocycles. The van der Waals surface area contributed by atoms with Gasteiger partial charge in [0.2, 0.25) is 0 Å². The van der Waals surface area contributed by atoms with Crippen molar-refractivity contribution in [3.63, 3.8) is 0 Å². The van der Waals surface area contributed by atoms with E-state index in [4.69, 9.17) is 0 Å². The fourth-order valence-electron chi connectivity index (χ4n) is 4.89. The van der Waals surface area contributed by atoms with E-state index in [0.717, 1.165) is 0 Å². The third-order valence-electron chi connectivity index (χ3n) is 6.46. The maximum Gasteiger partial charge on any atom is 0.0152 e. The van der Waals surface area contributed by atoms with Gasteiger partial charge in [-0.25, -0.2) is 0 Å². The molecule has 4 aromatic carbocycles. The first kappa shape index (κ1) is 15.6.